The quantitative estimate of drug-likeness (QED) is 0.184. The first kappa shape index (κ1) is 43.5. The van der Waals surface area contributed by atoms with Crippen molar-refractivity contribution in [2.45, 2.75) is 188 Å². The van der Waals surface area contributed by atoms with Gasteiger partial charge < -0.3 is 29.2 Å². The van der Waals surface area contributed by atoms with Gasteiger partial charge in [0.15, 0.2) is 5.78 Å². The number of rotatable bonds is 9. The second-order valence-electron chi connectivity index (χ2n) is 24.8. The zero-order valence-corrected chi connectivity index (χ0v) is 40.2. The highest BCUT2D eigenvalue weighted by molar-refractivity contribution is 6.02. The van der Waals surface area contributed by atoms with Crippen molar-refractivity contribution in [1.82, 2.24) is 9.55 Å². The molecule has 6 fully saturated rings. The van der Waals surface area contributed by atoms with Gasteiger partial charge >= 0.3 is 0 Å². The van der Waals surface area contributed by atoms with Crippen molar-refractivity contribution in [1.29, 1.82) is 0 Å². The highest BCUT2D eigenvalue weighted by Gasteiger charge is 2.77. The summed E-state index contributed by atoms with van der Waals surface area (Å²) in [6.45, 7) is 20.4. The topological polar surface area (TPSA) is 117 Å². The van der Waals surface area contributed by atoms with Crippen LogP contribution in [0.15, 0.2) is 47.8 Å². The molecule has 0 amide bonds. The maximum absolute atomic E-state index is 15.3. The number of hydrogen-bond acceptors (Lipinski definition) is 6. The summed E-state index contributed by atoms with van der Waals surface area (Å²) in [5.41, 5.74) is 6.50. The largest absolute Gasteiger partial charge is 0.392 e. The Morgan fingerprint density at radius 3 is 2.38 bits per heavy atom. The van der Waals surface area contributed by atoms with Gasteiger partial charge in [-0.05, 0) is 153 Å². The van der Waals surface area contributed by atoms with E-state index in [9.17, 15) is 15.0 Å². The van der Waals surface area contributed by atoms with Crippen molar-refractivity contribution in [3.63, 3.8) is 0 Å². The molecule has 8 aliphatic rings. The maximum Gasteiger partial charge on any atom is 0.160 e. The fourth-order valence-electron chi connectivity index (χ4n) is 17.7. The minimum absolute atomic E-state index is 0.0864. The number of aromatic nitrogens is 2. The second kappa shape index (κ2) is 14.5. The van der Waals surface area contributed by atoms with Gasteiger partial charge in [0, 0.05) is 73.2 Å². The van der Waals surface area contributed by atoms with Crippen LogP contribution in [0.5, 0.6) is 0 Å². The van der Waals surface area contributed by atoms with E-state index in [2.05, 4.69) is 87.8 Å². The molecule has 2 aromatic heterocycles. The molecule has 3 N–H and O–H groups in total. The third-order valence-corrected chi connectivity index (χ3v) is 21.0. The predicted octanol–water partition coefficient (Wildman–Crippen LogP) is 10.7. The number of nitrogens with one attached hydrogen (secondary N) is 1. The standard InChI is InChI=1S/C56H76N2O6/c1-33-25-34(27-36(26-33)35-16-23-63-24-17-35)28-37-31-58(39-15-22-57-45(37)39)32-56-21-20-51(4,29-41(60)49-50(2,3)64-49)44-40(59)30-54(7,46(44)56)53(6)19-13-42-52(5,47(53)48(56)62)18-14-43(61)55(42,8)38-11-9-10-12-38/h15,22,25-27,31,35,38,41-42,47-49,57,60,62H,9-14,16-21,23-24,28-30,32H2,1-8H3/t41-,42-,47-,48+,49-,51+,52-,53+,54+,55+,56-/m1/s1. The molecule has 8 nitrogen and oxygen atoms in total. The lowest BCUT2D eigenvalue weighted by Gasteiger charge is -2.73. The first-order valence-corrected chi connectivity index (χ1v) is 25.5. The number of ketones is 2. The Bertz CT molecular complexity index is 2430. The van der Waals surface area contributed by atoms with Gasteiger partial charge in [0.05, 0.1) is 28.8 Å². The van der Waals surface area contributed by atoms with Gasteiger partial charge in [0.1, 0.15) is 11.9 Å². The van der Waals surface area contributed by atoms with Crippen LogP contribution < -0.4 is 0 Å². The number of nitrogens with zero attached hydrogens (tertiary/aromatic N) is 1. The Labute approximate surface area is 381 Å². The molecule has 3 aromatic rings. The van der Waals surface area contributed by atoms with E-state index in [0.717, 1.165) is 87.6 Å². The van der Waals surface area contributed by atoms with Gasteiger partial charge in [0.2, 0.25) is 0 Å². The molecule has 346 valence electrons. The number of aromatic amines is 1. The summed E-state index contributed by atoms with van der Waals surface area (Å²) in [7, 11) is 0. The molecular weight excluding hydrogens is 797 g/mol. The molecule has 11 rings (SSSR count). The number of aryl methyl sites for hydroxylation is 1. The minimum Gasteiger partial charge on any atom is -0.392 e. The van der Waals surface area contributed by atoms with Crippen molar-refractivity contribution >= 4 is 22.6 Å². The molecule has 8 heteroatoms. The number of ether oxygens (including phenoxy) is 2. The van der Waals surface area contributed by atoms with Crippen LogP contribution in [0.3, 0.4) is 0 Å². The molecule has 0 unspecified atom stereocenters. The zero-order chi connectivity index (χ0) is 45.0. The van der Waals surface area contributed by atoms with E-state index in [0.29, 0.717) is 49.8 Å². The van der Waals surface area contributed by atoms with Gasteiger partial charge in [-0.2, -0.15) is 0 Å². The first-order chi connectivity index (χ1) is 30.3. The minimum atomic E-state index is -0.714. The Balaban J connectivity index is 1.05. The number of carbonyl (C=O) groups is 2. The summed E-state index contributed by atoms with van der Waals surface area (Å²) >= 11 is 0. The Kier molecular flexibility index (Phi) is 9.85. The number of H-pyrrole nitrogens is 1. The number of hydrogen-bond donors (Lipinski definition) is 3. The Morgan fingerprint density at radius 1 is 0.922 bits per heavy atom. The Hall–Kier alpha value is -3.04. The molecular formula is C56H76N2O6. The van der Waals surface area contributed by atoms with Crippen LogP contribution in [-0.4, -0.2) is 68.5 Å². The van der Waals surface area contributed by atoms with Gasteiger partial charge in [-0.3, -0.25) is 9.59 Å². The van der Waals surface area contributed by atoms with Crippen LogP contribution in [0.4, 0.5) is 0 Å². The number of allylic oxidation sites excluding steroid dienone is 1. The van der Waals surface area contributed by atoms with Crippen molar-refractivity contribution < 1.29 is 29.3 Å². The molecule has 1 aromatic carbocycles. The molecule has 4 saturated carbocycles. The molecule has 0 radical (unpaired) electrons. The SMILES string of the molecule is Cc1cc(Cc2cn(C[C@]34CC[C@@](C)(C[C@@H](O)[C@H]5OC5(C)C)C5=C3[C@](C)(CC5=O)[C@@]3(C)CC[C@@H]5[C@@](C)(CCC(=O)[C@@]5(C)C5CCCC5)[C@H]3[C@@H]4O)c3cc[nH]c23)cc(C2CCOCC2)c1. The molecule has 64 heavy (non-hydrogen) atoms. The average Bonchev–Trinajstić information content (AvgIpc) is 3.83. The lowest BCUT2D eigenvalue weighted by atomic mass is 9.31. The molecule has 4 heterocycles. The van der Waals surface area contributed by atoms with Crippen molar-refractivity contribution in [3.05, 3.63) is 70.1 Å². The van der Waals surface area contributed by atoms with Crippen LogP contribution in [0.2, 0.25) is 0 Å². The van der Waals surface area contributed by atoms with Crippen LogP contribution in [-0.2, 0) is 32.0 Å². The molecule has 11 atom stereocenters. The fraction of sp³-hybridized carbons (Fsp3) is 0.714. The third-order valence-electron chi connectivity index (χ3n) is 21.0. The third kappa shape index (κ3) is 5.98. The summed E-state index contributed by atoms with van der Waals surface area (Å²) in [5, 5.41) is 25.9. The van der Waals surface area contributed by atoms with E-state index in [4.69, 9.17) is 9.47 Å². The number of aliphatic hydroxyl groups excluding tert-OH is 2. The normalized spacial score (nSPS) is 41.3. The number of benzene rings is 1. The molecule has 0 spiro atoms. The van der Waals surface area contributed by atoms with Crippen molar-refractivity contribution in [2.75, 3.05) is 13.2 Å². The number of epoxide rings is 1. The van der Waals surface area contributed by atoms with Crippen LogP contribution in [0.25, 0.3) is 11.0 Å². The zero-order valence-electron chi connectivity index (χ0n) is 40.2. The van der Waals surface area contributed by atoms with Crippen molar-refractivity contribution in [3.8, 4) is 0 Å². The van der Waals surface area contributed by atoms with Gasteiger partial charge in [-0.15, -0.1) is 0 Å². The van der Waals surface area contributed by atoms with E-state index in [1.165, 1.54) is 40.7 Å². The summed E-state index contributed by atoms with van der Waals surface area (Å²) in [5.74, 6) is 1.69. The summed E-state index contributed by atoms with van der Waals surface area (Å²) in [4.78, 5) is 33.4. The molecule has 6 aliphatic carbocycles. The molecule has 2 saturated heterocycles. The second-order valence-corrected chi connectivity index (χ2v) is 24.8. The molecule has 2 aliphatic heterocycles. The number of Topliss-reactive ketones (excluding diaryl/α,β-unsaturated/α-hetero) is 2. The smallest absolute Gasteiger partial charge is 0.160 e. The summed E-state index contributed by atoms with van der Waals surface area (Å²) in [6.07, 6.45) is 15.9. The van der Waals surface area contributed by atoms with Gasteiger partial charge in [0.25, 0.3) is 0 Å². The highest BCUT2D eigenvalue weighted by Crippen LogP contribution is 2.80. The van der Waals surface area contributed by atoms with Crippen molar-refractivity contribution in [2.24, 2.45) is 50.2 Å². The van der Waals surface area contributed by atoms with Crippen LogP contribution >= 0.6 is 0 Å². The van der Waals surface area contributed by atoms with Gasteiger partial charge in [-0.1, -0.05) is 71.2 Å². The molecule has 0 bridgehead atoms. The van der Waals surface area contributed by atoms with Crippen LogP contribution in [0.1, 0.15) is 167 Å². The van der Waals surface area contributed by atoms with E-state index in [1.807, 2.05) is 13.8 Å². The summed E-state index contributed by atoms with van der Waals surface area (Å²) < 4.78 is 14.2. The Morgan fingerprint density at radius 2 is 1.66 bits per heavy atom. The fourth-order valence-corrected chi connectivity index (χ4v) is 17.7. The van der Waals surface area contributed by atoms with E-state index >= 15 is 4.79 Å². The average molecular weight is 873 g/mol. The first-order valence-electron chi connectivity index (χ1n) is 25.5. The monoisotopic (exact) mass is 873 g/mol. The van der Waals surface area contributed by atoms with E-state index in [-0.39, 0.29) is 40.2 Å². The summed E-state index contributed by atoms with van der Waals surface area (Å²) in [6, 6.07) is 9.32. The lowest BCUT2D eigenvalue weighted by Crippen LogP contribution is -2.71. The predicted molar refractivity (Wildman–Crippen MR) is 250 cm³/mol. The van der Waals surface area contributed by atoms with E-state index < -0.39 is 33.9 Å². The number of aliphatic hydroxyl groups is 2. The number of carbonyl (C=O) groups excluding carboxylic acids is 2. The van der Waals surface area contributed by atoms with Gasteiger partial charge in [-0.25, -0.2) is 0 Å². The number of fused-ring (bicyclic) bond motifs is 5. The highest BCUT2D eigenvalue weighted by atomic mass is 16.6. The van der Waals surface area contributed by atoms with Crippen LogP contribution in [0, 0.1) is 57.2 Å². The maximum atomic E-state index is 15.3. The lowest BCUT2D eigenvalue weighted by molar-refractivity contribution is -0.245. The van der Waals surface area contributed by atoms with E-state index in [1.54, 1.807) is 0 Å².